The molecule has 0 saturated carbocycles. The summed E-state index contributed by atoms with van der Waals surface area (Å²) >= 11 is 0. The van der Waals surface area contributed by atoms with Gasteiger partial charge in [-0.05, 0) is 43.7 Å². The van der Waals surface area contributed by atoms with Crippen molar-refractivity contribution >= 4 is 21.8 Å². The molecule has 0 N–H and O–H groups in total. The molecule has 3 aromatic rings. The van der Waals surface area contributed by atoms with Crippen LogP contribution in [0.4, 0.5) is 0 Å². The number of hydrogen-bond donors (Lipinski definition) is 0. The van der Waals surface area contributed by atoms with Crippen LogP contribution in [0.2, 0.25) is 0 Å². The number of Topliss-reactive ketones (excluding diaryl/α,β-unsaturated/α-hetero) is 1. The minimum atomic E-state index is -3.98. The molecule has 31 heavy (non-hydrogen) atoms. The highest BCUT2D eigenvalue weighted by Crippen LogP contribution is 2.25. The number of benzene rings is 1. The van der Waals surface area contributed by atoms with Gasteiger partial charge in [-0.15, -0.1) is 0 Å². The number of nitrogens with zero attached hydrogens (tertiary/aromatic N) is 2. The molecule has 0 bridgehead atoms. The molecule has 0 saturated heterocycles. The molecule has 0 aliphatic carbocycles. The van der Waals surface area contributed by atoms with Crippen molar-refractivity contribution in [3.8, 4) is 0 Å². The van der Waals surface area contributed by atoms with E-state index in [0.29, 0.717) is 22.6 Å². The molecule has 1 aromatic carbocycles. The second-order valence-corrected chi connectivity index (χ2v) is 9.01. The smallest absolute Gasteiger partial charge is 0.354 e. The van der Waals surface area contributed by atoms with Crippen LogP contribution in [-0.2, 0) is 28.4 Å². The van der Waals surface area contributed by atoms with E-state index in [-0.39, 0.29) is 17.1 Å². The maximum Gasteiger partial charge on any atom is 0.354 e. The highest BCUT2D eigenvalue weighted by atomic mass is 32.2. The van der Waals surface area contributed by atoms with Gasteiger partial charge in [-0.2, -0.15) is 4.31 Å². The fourth-order valence-corrected chi connectivity index (χ4v) is 4.94. The standard InChI is InChI=1S/C22H24N2O6S/c1-15-20(16(2)23(3)21(15)22(26)29-4)19(25)14-24(13-17-9-8-12-30-17)31(27,28)18-10-6-5-7-11-18/h5-12H,13-14H2,1-4H3. The molecule has 8 nitrogen and oxygen atoms in total. The van der Waals surface area contributed by atoms with E-state index in [1.165, 1.54) is 25.5 Å². The summed E-state index contributed by atoms with van der Waals surface area (Å²) < 4.78 is 39.3. The molecule has 0 atom stereocenters. The lowest BCUT2D eigenvalue weighted by Gasteiger charge is -2.21. The number of furan rings is 1. The first kappa shape index (κ1) is 22.5. The van der Waals surface area contributed by atoms with Gasteiger partial charge in [0.05, 0.1) is 31.4 Å². The van der Waals surface area contributed by atoms with Gasteiger partial charge in [0.2, 0.25) is 10.0 Å². The van der Waals surface area contributed by atoms with Crippen LogP contribution in [0.25, 0.3) is 0 Å². The van der Waals surface area contributed by atoms with Crippen LogP contribution < -0.4 is 0 Å². The Balaban J connectivity index is 2.01. The third-order valence-corrected chi connectivity index (χ3v) is 7.01. The Labute approximate surface area is 181 Å². The number of ether oxygens (including phenoxy) is 1. The molecule has 0 spiro atoms. The van der Waals surface area contributed by atoms with E-state index in [1.54, 1.807) is 55.8 Å². The van der Waals surface area contributed by atoms with Crippen molar-refractivity contribution in [3.05, 3.63) is 77.0 Å². The molecule has 2 aromatic heterocycles. The van der Waals surface area contributed by atoms with Crippen molar-refractivity contribution in [3.63, 3.8) is 0 Å². The third kappa shape index (κ3) is 4.33. The van der Waals surface area contributed by atoms with Crippen molar-refractivity contribution in [1.82, 2.24) is 8.87 Å². The number of rotatable bonds is 8. The van der Waals surface area contributed by atoms with Crippen LogP contribution in [0.15, 0.2) is 58.0 Å². The maximum absolute atomic E-state index is 13.3. The zero-order valence-electron chi connectivity index (χ0n) is 17.8. The Hall–Kier alpha value is -3.17. The van der Waals surface area contributed by atoms with E-state index in [9.17, 15) is 18.0 Å². The van der Waals surface area contributed by atoms with Crippen LogP contribution in [-0.4, -0.2) is 42.7 Å². The molecule has 3 rings (SSSR count). The summed E-state index contributed by atoms with van der Waals surface area (Å²) in [6, 6.07) is 11.2. The predicted molar refractivity (Wildman–Crippen MR) is 113 cm³/mol. The Bertz CT molecular complexity index is 1190. The van der Waals surface area contributed by atoms with Gasteiger partial charge in [0.15, 0.2) is 5.78 Å². The van der Waals surface area contributed by atoms with Crippen molar-refractivity contribution in [1.29, 1.82) is 0 Å². The van der Waals surface area contributed by atoms with E-state index in [4.69, 9.17) is 9.15 Å². The van der Waals surface area contributed by atoms with Crippen LogP contribution in [0.5, 0.6) is 0 Å². The zero-order valence-corrected chi connectivity index (χ0v) is 18.6. The average Bonchev–Trinajstić information content (AvgIpc) is 3.34. The lowest BCUT2D eigenvalue weighted by molar-refractivity contribution is 0.0588. The van der Waals surface area contributed by atoms with E-state index >= 15 is 0 Å². The Kier molecular flexibility index (Phi) is 6.47. The van der Waals surface area contributed by atoms with Crippen LogP contribution in [0, 0.1) is 13.8 Å². The minimum Gasteiger partial charge on any atom is -0.468 e. The van der Waals surface area contributed by atoms with E-state index in [0.717, 1.165) is 4.31 Å². The van der Waals surface area contributed by atoms with Crippen LogP contribution >= 0.6 is 0 Å². The molecule has 0 fully saturated rings. The number of carbonyl (C=O) groups excluding carboxylic acids is 2. The quantitative estimate of drug-likeness (QED) is 0.391. The van der Waals surface area contributed by atoms with Crippen molar-refractivity contribution < 1.29 is 27.2 Å². The maximum atomic E-state index is 13.3. The predicted octanol–water partition coefficient (Wildman–Crippen LogP) is 3.10. The van der Waals surface area contributed by atoms with E-state index in [2.05, 4.69) is 0 Å². The summed E-state index contributed by atoms with van der Waals surface area (Å²) in [6.45, 7) is 2.83. The molecule has 9 heteroatoms. The molecule has 164 valence electrons. The Morgan fingerprint density at radius 2 is 1.77 bits per heavy atom. The molecule has 0 aliphatic heterocycles. The number of carbonyl (C=O) groups is 2. The summed E-state index contributed by atoms with van der Waals surface area (Å²) in [5.41, 5.74) is 1.56. The third-order valence-electron chi connectivity index (χ3n) is 5.20. The fourth-order valence-electron chi connectivity index (χ4n) is 3.56. The van der Waals surface area contributed by atoms with Gasteiger partial charge in [0.25, 0.3) is 0 Å². The number of hydrogen-bond acceptors (Lipinski definition) is 6. The monoisotopic (exact) mass is 444 g/mol. The summed E-state index contributed by atoms with van der Waals surface area (Å²) in [6.07, 6.45) is 1.44. The lowest BCUT2D eigenvalue weighted by atomic mass is 10.1. The first-order valence-corrected chi connectivity index (χ1v) is 11.0. The second-order valence-electron chi connectivity index (χ2n) is 7.07. The van der Waals surface area contributed by atoms with Gasteiger partial charge < -0.3 is 13.7 Å². The van der Waals surface area contributed by atoms with Gasteiger partial charge in [0.1, 0.15) is 11.5 Å². The number of aromatic nitrogens is 1. The highest BCUT2D eigenvalue weighted by Gasteiger charge is 2.31. The van der Waals surface area contributed by atoms with Crippen molar-refractivity contribution in [2.45, 2.75) is 25.3 Å². The molecule has 0 amide bonds. The lowest BCUT2D eigenvalue weighted by Crippen LogP contribution is -2.35. The van der Waals surface area contributed by atoms with Crippen molar-refractivity contribution in [2.75, 3.05) is 13.7 Å². The van der Waals surface area contributed by atoms with E-state index in [1.807, 2.05) is 0 Å². The number of esters is 1. The highest BCUT2D eigenvalue weighted by molar-refractivity contribution is 7.89. The summed E-state index contributed by atoms with van der Waals surface area (Å²) in [4.78, 5) is 25.5. The Morgan fingerprint density at radius 1 is 1.10 bits per heavy atom. The van der Waals surface area contributed by atoms with Gasteiger partial charge in [-0.1, -0.05) is 18.2 Å². The molecular formula is C22H24N2O6S. The fraction of sp³-hybridized carbons (Fsp3) is 0.273. The summed E-state index contributed by atoms with van der Waals surface area (Å²) in [7, 11) is -1.05. The molecule has 0 radical (unpaired) electrons. The first-order valence-electron chi connectivity index (χ1n) is 9.53. The first-order chi connectivity index (χ1) is 14.7. The van der Waals surface area contributed by atoms with Gasteiger partial charge in [-0.25, -0.2) is 13.2 Å². The second kappa shape index (κ2) is 8.91. The minimum absolute atomic E-state index is 0.0751. The van der Waals surface area contributed by atoms with Crippen LogP contribution in [0.3, 0.4) is 0 Å². The van der Waals surface area contributed by atoms with Crippen LogP contribution in [0.1, 0.15) is 37.9 Å². The number of methoxy groups -OCH3 is 1. The van der Waals surface area contributed by atoms with Gasteiger partial charge in [-0.3, -0.25) is 4.79 Å². The van der Waals surface area contributed by atoms with Gasteiger partial charge in [0, 0.05) is 18.3 Å². The Morgan fingerprint density at radius 3 is 2.35 bits per heavy atom. The van der Waals surface area contributed by atoms with Crippen molar-refractivity contribution in [2.24, 2.45) is 7.05 Å². The topological polar surface area (TPSA) is 98.8 Å². The SMILES string of the molecule is COC(=O)c1c(C)c(C(=O)CN(Cc2ccco2)S(=O)(=O)c2ccccc2)c(C)n1C. The van der Waals surface area contributed by atoms with E-state index < -0.39 is 28.3 Å². The molecular weight excluding hydrogens is 420 g/mol. The molecule has 0 aliphatic rings. The zero-order chi connectivity index (χ0) is 22.8. The summed E-state index contributed by atoms with van der Waals surface area (Å²) in [5.74, 6) is -0.581. The normalized spacial score (nSPS) is 11.6. The molecule has 0 unspecified atom stereocenters. The largest absolute Gasteiger partial charge is 0.468 e. The number of sulfonamides is 1. The number of ketones is 1. The van der Waals surface area contributed by atoms with Gasteiger partial charge >= 0.3 is 5.97 Å². The molecule has 2 heterocycles. The average molecular weight is 445 g/mol. The summed E-state index contributed by atoms with van der Waals surface area (Å²) in [5, 5.41) is 0.